The molecule has 0 bridgehead atoms. The maximum Gasteiger partial charge on any atom is 1.00 e. The molecule has 3 nitrogen and oxygen atoms in total. The van der Waals surface area contributed by atoms with Crippen LogP contribution in [-0.2, 0) is 10.1 Å². The van der Waals surface area contributed by atoms with Gasteiger partial charge in [0.15, 0.2) is 0 Å². The second kappa shape index (κ2) is 5.33. The Bertz CT molecular complexity index is 363. The van der Waals surface area contributed by atoms with Crippen molar-refractivity contribution in [3.05, 3.63) is 28.7 Å². The average Bonchev–Trinajstić information content (AvgIpc) is 1.86. The summed E-state index contributed by atoms with van der Waals surface area (Å²) in [5.41, 5.74) is 0. The Hall–Kier alpha value is 1.42. The summed E-state index contributed by atoms with van der Waals surface area (Å²) >= 11 is 2.95. The van der Waals surface area contributed by atoms with E-state index < -0.39 is 10.1 Å². The van der Waals surface area contributed by atoms with Gasteiger partial charge in [0.25, 0.3) is 0 Å². The van der Waals surface area contributed by atoms with Gasteiger partial charge >= 0.3 is 58.2 Å². The van der Waals surface area contributed by atoms with Crippen molar-refractivity contribution in [3.63, 3.8) is 0 Å². The summed E-state index contributed by atoms with van der Waals surface area (Å²) in [5.74, 6) is 0. The van der Waals surface area contributed by atoms with Crippen LogP contribution in [-0.4, -0.2) is 13.0 Å². The predicted molar refractivity (Wildman–Crippen MR) is 42.1 cm³/mol. The van der Waals surface area contributed by atoms with E-state index in [1.807, 2.05) is 0 Å². The molecule has 1 aromatic rings. The van der Waals surface area contributed by atoms with Crippen LogP contribution >= 0.6 is 15.9 Å². The first-order valence-electron chi connectivity index (χ1n) is 2.72. The minimum Gasteiger partial charge on any atom is -0.744 e. The molecule has 0 aromatic heterocycles. The smallest absolute Gasteiger partial charge is 0.744 e. The van der Waals surface area contributed by atoms with Gasteiger partial charge in [0, 0.05) is 4.47 Å². The van der Waals surface area contributed by atoms with Gasteiger partial charge < -0.3 is 4.55 Å². The molecule has 0 saturated carbocycles. The largest absolute Gasteiger partial charge is 1.00 e. The summed E-state index contributed by atoms with van der Waals surface area (Å²) < 4.78 is 31.7. The van der Waals surface area contributed by atoms with Crippen LogP contribution in [0.4, 0.5) is 0 Å². The number of hydrogen-bond donors (Lipinski definition) is 0. The second-order valence-electron chi connectivity index (χ2n) is 1.88. The van der Waals surface area contributed by atoms with Gasteiger partial charge in [0.1, 0.15) is 10.1 Å². The standard InChI is InChI=1S/C6H5BrO3S.Rb/c7-5-3-1-2-4-6(5)11(8,9)10;/h1-4H,(H,8,9,10);/q;+1/p-1. The van der Waals surface area contributed by atoms with Crippen molar-refractivity contribution in [1.29, 1.82) is 0 Å². The second-order valence-corrected chi connectivity index (χ2v) is 4.09. The molecular formula is C6H4BrO3RbS. The van der Waals surface area contributed by atoms with Crippen molar-refractivity contribution in [2.24, 2.45) is 0 Å². The molecule has 0 aliphatic heterocycles. The molecular weight excluding hydrogens is 318 g/mol. The SMILES string of the molecule is O=S(=O)([O-])c1ccccc1Br.[Rb+]. The van der Waals surface area contributed by atoms with Crippen LogP contribution in [0.1, 0.15) is 0 Å². The Morgan fingerprint density at radius 2 is 1.75 bits per heavy atom. The minimum atomic E-state index is -4.33. The van der Waals surface area contributed by atoms with Crippen LogP contribution in [0.25, 0.3) is 0 Å². The maximum absolute atomic E-state index is 10.5. The number of benzene rings is 1. The van der Waals surface area contributed by atoms with E-state index >= 15 is 0 Å². The fourth-order valence-corrected chi connectivity index (χ4v) is 2.08. The van der Waals surface area contributed by atoms with Crippen LogP contribution in [0.2, 0.25) is 0 Å². The Balaban J connectivity index is 0.00000121. The molecule has 12 heavy (non-hydrogen) atoms. The summed E-state index contributed by atoms with van der Waals surface area (Å²) in [5, 5.41) is 0. The normalized spacial score (nSPS) is 10.5. The van der Waals surface area contributed by atoms with Gasteiger partial charge in [-0.2, -0.15) is 0 Å². The molecule has 6 heteroatoms. The molecule has 0 atom stereocenters. The van der Waals surface area contributed by atoms with Crippen molar-refractivity contribution in [1.82, 2.24) is 0 Å². The Morgan fingerprint density at radius 1 is 1.25 bits per heavy atom. The van der Waals surface area contributed by atoms with Crippen LogP contribution in [0.3, 0.4) is 0 Å². The minimum absolute atomic E-state index is 0. The molecule has 0 radical (unpaired) electrons. The Labute approximate surface area is 128 Å². The van der Waals surface area contributed by atoms with E-state index in [-0.39, 0.29) is 63.1 Å². The molecule has 0 heterocycles. The van der Waals surface area contributed by atoms with E-state index in [1.54, 1.807) is 6.07 Å². The summed E-state index contributed by atoms with van der Waals surface area (Å²) in [4.78, 5) is -0.222. The number of hydrogen-bond acceptors (Lipinski definition) is 3. The molecule has 60 valence electrons. The quantitative estimate of drug-likeness (QED) is 0.583. The number of rotatable bonds is 1. The zero-order valence-electron chi connectivity index (χ0n) is 6.32. The monoisotopic (exact) mass is 320 g/mol. The van der Waals surface area contributed by atoms with Crippen molar-refractivity contribution in [2.45, 2.75) is 4.90 Å². The third-order valence-corrected chi connectivity index (χ3v) is 2.95. The molecule has 0 aliphatic carbocycles. The molecule has 0 N–H and O–H groups in total. The van der Waals surface area contributed by atoms with E-state index in [2.05, 4.69) is 15.9 Å². The summed E-state index contributed by atoms with van der Waals surface area (Å²) in [6.07, 6.45) is 0. The number of halogens is 1. The van der Waals surface area contributed by atoms with Gasteiger partial charge in [-0.3, -0.25) is 0 Å². The van der Waals surface area contributed by atoms with Gasteiger partial charge in [0.2, 0.25) is 0 Å². The van der Waals surface area contributed by atoms with E-state index in [0.29, 0.717) is 4.47 Å². The van der Waals surface area contributed by atoms with E-state index in [9.17, 15) is 13.0 Å². The first-order valence-corrected chi connectivity index (χ1v) is 4.92. The zero-order chi connectivity index (χ0) is 8.48. The van der Waals surface area contributed by atoms with Gasteiger partial charge in [-0.1, -0.05) is 12.1 Å². The fraction of sp³-hybridized carbons (Fsp3) is 0. The van der Waals surface area contributed by atoms with Crippen molar-refractivity contribution >= 4 is 26.0 Å². The van der Waals surface area contributed by atoms with Crippen molar-refractivity contribution in [2.75, 3.05) is 0 Å². The first-order chi connectivity index (χ1) is 5.02. The topological polar surface area (TPSA) is 57.2 Å². The molecule has 1 aromatic carbocycles. The molecule has 0 saturated heterocycles. The molecule has 0 aliphatic rings. The Kier molecular flexibility index (Phi) is 5.96. The molecule has 0 amide bonds. The third-order valence-electron chi connectivity index (χ3n) is 1.11. The summed E-state index contributed by atoms with van der Waals surface area (Å²) in [7, 11) is -4.33. The van der Waals surface area contributed by atoms with Gasteiger partial charge in [-0.25, -0.2) is 8.42 Å². The molecule has 1 rings (SSSR count). The van der Waals surface area contributed by atoms with E-state index in [1.165, 1.54) is 18.2 Å². The van der Waals surface area contributed by atoms with Crippen molar-refractivity contribution in [3.8, 4) is 0 Å². The van der Waals surface area contributed by atoms with Crippen LogP contribution < -0.4 is 58.2 Å². The van der Waals surface area contributed by atoms with Gasteiger partial charge in [0.05, 0.1) is 4.90 Å². The Morgan fingerprint density at radius 3 is 2.08 bits per heavy atom. The van der Waals surface area contributed by atoms with Crippen LogP contribution in [0.5, 0.6) is 0 Å². The fourth-order valence-electron chi connectivity index (χ4n) is 0.647. The van der Waals surface area contributed by atoms with Crippen LogP contribution in [0, 0.1) is 0 Å². The molecule has 0 fully saturated rings. The average molecular weight is 322 g/mol. The van der Waals surface area contributed by atoms with Gasteiger partial charge in [-0.05, 0) is 28.1 Å². The molecule has 0 spiro atoms. The maximum atomic E-state index is 10.5. The zero-order valence-corrected chi connectivity index (χ0v) is 13.6. The van der Waals surface area contributed by atoms with E-state index in [4.69, 9.17) is 0 Å². The van der Waals surface area contributed by atoms with E-state index in [0.717, 1.165) is 0 Å². The molecule has 0 unspecified atom stereocenters. The van der Waals surface area contributed by atoms with Crippen molar-refractivity contribution < 1.29 is 71.2 Å². The summed E-state index contributed by atoms with van der Waals surface area (Å²) in [6.45, 7) is 0. The van der Waals surface area contributed by atoms with Gasteiger partial charge in [-0.15, -0.1) is 0 Å². The summed E-state index contributed by atoms with van der Waals surface area (Å²) in [6, 6.07) is 5.89. The first kappa shape index (κ1) is 13.4. The third kappa shape index (κ3) is 3.65. The predicted octanol–water partition coefficient (Wildman–Crippen LogP) is -1.64. The van der Waals surface area contributed by atoms with Crippen LogP contribution in [0.15, 0.2) is 33.6 Å².